The largest absolute Gasteiger partial charge is 0.276 e. The van der Waals surface area contributed by atoms with Crippen LogP contribution in [-0.4, -0.2) is 34.5 Å². The Bertz CT molecular complexity index is 1020. The van der Waals surface area contributed by atoms with Crippen LogP contribution in [0.4, 0.5) is 4.39 Å². The molecular formula is C15H13FN6O3S. The summed E-state index contributed by atoms with van der Waals surface area (Å²) in [6.07, 6.45) is 0. The molecule has 0 unspecified atom stereocenters. The predicted octanol–water partition coefficient (Wildman–Crippen LogP) is 0.489. The zero-order valence-corrected chi connectivity index (χ0v) is 14.0. The van der Waals surface area contributed by atoms with Gasteiger partial charge in [-0.3, -0.25) is 10.2 Å². The number of benzene rings is 2. The quantitative estimate of drug-likeness (QED) is 0.605. The number of aromatic nitrogens is 4. The number of rotatable bonds is 6. The van der Waals surface area contributed by atoms with E-state index in [9.17, 15) is 17.6 Å². The van der Waals surface area contributed by atoms with Crippen molar-refractivity contribution >= 4 is 15.9 Å². The van der Waals surface area contributed by atoms with E-state index in [2.05, 4.69) is 15.4 Å². The molecule has 3 aromatic rings. The van der Waals surface area contributed by atoms with Gasteiger partial charge in [-0.25, -0.2) is 12.8 Å². The molecule has 2 N–H and O–H groups in total. The highest BCUT2D eigenvalue weighted by molar-refractivity contribution is 7.89. The van der Waals surface area contributed by atoms with Crippen LogP contribution in [-0.2, 0) is 21.4 Å². The van der Waals surface area contributed by atoms with Crippen molar-refractivity contribution in [1.29, 1.82) is 0 Å². The number of tetrazole rings is 1. The monoisotopic (exact) mass is 376 g/mol. The fourth-order valence-electron chi connectivity index (χ4n) is 2.00. The molecule has 11 heteroatoms. The first kappa shape index (κ1) is 17.6. The first-order chi connectivity index (χ1) is 12.4. The Morgan fingerprint density at radius 2 is 1.88 bits per heavy atom. The first-order valence-electron chi connectivity index (χ1n) is 7.33. The van der Waals surface area contributed by atoms with Crippen LogP contribution in [0.15, 0.2) is 59.5 Å². The van der Waals surface area contributed by atoms with Crippen LogP contribution in [0.3, 0.4) is 0 Å². The molecule has 26 heavy (non-hydrogen) atoms. The number of sulfonamides is 1. The van der Waals surface area contributed by atoms with E-state index in [1.807, 2.05) is 28.5 Å². The number of carbonyl (C=O) groups excluding carboxylic acids is 1. The summed E-state index contributed by atoms with van der Waals surface area (Å²) in [5.74, 6) is -1.10. The standard InChI is InChI=1S/C15H13FN6O3S/c16-12-7-4-8-13(9-12)26(24,25)21-17-14(23)10-22-19-15(18-20-22)11-5-2-1-3-6-11/h1-9,21H,10H2,(H,17,23). The maximum atomic E-state index is 13.1. The number of carbonyl (C=O) groups is 1. The Kier molecular flexibility index (Phi) is 5.00. The van der Waals surface area contributed by atoms with Crippen molar-refractivity contribution in [2.24, 2.45) is 0 Å². The second kappa shape index (κ2) is 7.37. The fraction of sp³-hybridized carbons (Fsp3) is 0.0667. The molecule has 0 saturated carbocycles. The van der Waals surface area contributed by atoms with Crippen LogP contribution in [0.5, 0.6) is 0 Å². The molecule has 134 valence electrons. The van der Waals surface area contributed by atoms with Gasteiger partial charge < -0.3 is 0 Å². The lowest BCUT2D eigenvalue weighted by Crippen LogP contribution is -2.43. The van der Waals surface area contributed by atoms with Crippen LogP contribution in [0, 0.1) is 5.82 Å². The number of halogens is 1. The van der Waals surface area contributed by atoms with Gasteiger partial charge in [-0.1, -0.05) is 36.4 Å². The Hall–Kier alpha value is -3.18. The van der Waals surface area contributed by atoms with Gasteiger partial charge in [0.25, 0.3) is 15.9 Å². The summed E-state index contributed by atoms with van der Waals surface area (Å²) >= 11 is 0. The summed E-state index contributed by atoms with van der Waals surface area (Å²) in [5, 5.41) is 11.6. The lowest BCUT2D eigenvalue weighted by molar-refractivity contribution is -0.122. The van der Waals surface area contributed by atoms with E-state index in [0.29, 0.717) is 5.82 Å². The summed E-state index contributed by atoms with van der Waals surface area (Å²) in [4.78, 5) is 14.4. The van der Waals surface area contributed by atoms with Crippen LogP contribution in [0.25, 0.3) is 11.4 Å². The van der Waals surface area contributed by atoms with Gasteiger partial charge in [0.15, 0.2) is 0 Å². The normalized spacial score (nSPS) is 11.3. The number of nitrogens with one attached hydrogen (secondary N) is 2. The molecule has 9 nitrogen and oxygen atoms in total. The Morgan fingerprint density at radius 3 is 2.62 bits per heavy atom. The lowest BCUT2D eigenvalue weighted by Gasteiger charge is -2.08. The topological polar surface area (TPSA) is 119 Å². The molecule has 0 spiro atoms. The highest BCUT2D eigenvalue weighted by Crippen LogP contribution is 2.12. The maximum Gasteiger partial charge on any atom is 0.258 e. The number of nitrogens with zero attached hydrogens (tertiary/aromatic N) is 4. The summed E-state index contributed by atoms with van der Waals surface area (Å²) in [6.45, 7) is -0.356. The van der Waals surface area contributed by atoms with Crippen LogP contribution in [0.2, 0.25) is 0 Å². The van der Waals surface area contributed by atoms with Crippen LogP contribution < -0.4 is 10.3 Å². The molecule has 2 aromatic carbocycles. The molecule has 0 radical (unpaired) electrons. The fourth-order valence-corrected chi connectivity index (χ4v) is 2.89. The predicted molar refractivity (Wildman–Crippen MR) is 88.1 cm³/mol. The third-order valence-electron chi connectivity index (χ3n) is 3.20. The van der Waals surface area contributed by atoms with Crippen LogP contribution in [0.1, 0.15) is 0 Å². The van der Waals surface area contributed by atoms with Gasteiger partial charge in [0.2, 0.25) is 5.82 Å². The van der Waals surface area contributed by atoms with E-state index in [1.54, 1.807) is 12.1 Å². The van der Waals surface area contributed by atoms with Gasteiger partial charge in [0.05, 0.1) is 4.90 Å². The first-order valence-corrected chi connectivity index (χ1v) is 8.82. The molecule has 3 rings (SSSR count). The molecule has 0 aliphatic carbocycles. The smallest absolute Gasteiger partial charge is 0.258 e. The van der Waals surface area contributed by atoms with E-state index >= 15 is 0 Å². The van der Waals surface area contributed by atoms with E-state index < -0.39 is 21.7 Å². The highest BCUT2D eigenvalue weighted by Gasteiger charge is 2.16. The molecule has 0 aliphatic heterocycles. The van der Waals surface area contributed by atoms with Crippen molar-refractivity contribution in [3.8, 4) is 11.4 Å². The van der Waals surface area contributed by atoms with Crippen molar-refractivity contribution in [3.05, 3.63) is 60.4 Å². The number of hydrogen-bond acceptors (Lipinski definition) is 6. The SMILES string of the molecule is O=C(Cn1nnc(-c2ccccc2)n1)NNS(=O)(=O)c1cccc(F)c1. The molecule has 1 amide bonds. The summed E-state index contributed by atoms with van der Waals surface area (Å²) in [5.41, 5.74) is 2.74. The average molecular weight is 376 g/mol. The third kappa shape index (κ3) is 4.26. The average Bonchev–Trinajstić information content (AvgIpc) is 3.09. The Labute approximate surface area is 147 Å². The summed E-state index contributed by atoms with van der Waals surface area (Å²) < 4.78 is 37.1. The zero-order valence-electron chi connectivity index (χ0n) is 13.2. The Balaban J connectivity index is 1.60. The van der Waals surface area contributed by atoms with Gasteiger partial charge in [0, 0.05) is 5.56 Å². The number of hydrogen-bond donors (Lipinski definition) is 2. The highest BCUT2D eigenvalue weighted by atomic mass is 32.2. The van der Waals surface area contributed by atoms with Gasteiger partial charge >= 0.3 is 0 Å². The summed E-state index contributed by atoms with van der Waals surface area (Å²) in [6, 6.07) is 13.4. The molecule has 0 fully saturated rings. The Morgan fingerprint density at radius 1 is 1.12 bits per heavy atom. The van der Waals surface area contributed by atoms with E-state index in [4.69, 9.17) is 0 Å². The van der Waals surface area contributed by atoms with Crippen LogP contribution >= 0.6 is 0 Å². The van der Waals surface area contributed by atoms with Crippen molar-refractivity contribution in [2.45, 2.75) is 11.4 Å². The van der Waals surface area contributed by atoms with Gasteiger partial charge in [-0.15, -0.1) is 15.0 Å². The maximum absolute atomic E-state index is 13.1. The van der Waals surface area contributed by atoms with Gasteiger partial charge in [-0.2, -0.15) is 4.80 Å². The van der Waals surface area contributed by atoms with E-state index in [0.717, 1.165) is 22.5 Å². The zero-order chi connectivity index (χ0) is 18.6. The van der Waals surface area contributed by atoms with Gasteiger partial charge in [-0.05, 0) is 23.4 Å². The molecule has 1 heterocycles. The van der Waals surface area contributed by atoms with Crippen molar-refractivity contribution in [2.75, 3.05) is 0 Å². The van der Waals surface area contributed by atoms with E-state index in [1.165, 1.54) is 12.1 Å². The third-order valence-corrected chi connectivity index (χ3v) is 4.45. The van der Waals surface area contributed by atoms with Crippen molar-refractivity contribution in [3.63, 3.8) is 0 Å². The minimum atomic E-state index is -4.10. The minimum absolute atomic E-state index is 0.317. The molecule has 0 bridgehead atoms. The van der Waals surface area contributed by atoms with Crippen molar-refractivity contribution in [1.82, 2.24) is 30.5 Å². The molecule has 0 saturated heterocycles. The number of hydrazine groups is 1. The van der Waals surface area contributed by atoms with Gasteiger partial charge in [0.1, 0.15) is 12.4 Å². The second-order valence-electron chi connectivity index (χ2n) is 5.12. The molecule has 0 aliphatic rings. The second-order valence-corrected chi connectivity index (χ2v) is 6.80. The summed E-state index contributed by atoms with van der Waals surface area (Å²) in [7, 11) is -4.10. The number of amides is 1. The molecule has 1 aromatic heterocycles. The lowest BCUT2D eigenvalue weighted by atomic mass is 10.2. The van der Waals surface area contributed by atoms with E-state index in [-0.39, 0.29) is 11.4 Å². The molecular weight excluding hydrogens is 363 g/mol. The minimum Gasteiger partial charge on any atom is -0.276 e. The van der Waals surface area contributed by atoms with Crippen molar-refractivity contribution < 1.29 is 17.6 Å². The molecule has 0 atom stereocenters.